The van der Waals surface area contributed by atoms with Crippen molar-refractivity contribution in [1.82, 2.24) is 14.5 Å². The fourth-order valence-electron chi connectivity index (χ4n) is 3.65. The molecule has 1 N–H and O–H groups in total. The minimum Gasteiger partial charge on any atom is -0.477 e. The molecule has 31 heavy (non-hydrogen) atoms. The van der Waals surface area contributed by atoms with E-state index in [1.165, 1.54) is 22.0 Å². The average Bonchev–Trinajstić information content (AvgIpc) is 3.30. The zero-order valence-corrected chi connectivity index (χ0v) is 17.5. The van der Waals surface area contributed by atoms with E-state index in [-0.39, 0.29) is 23.5 Å². The molecule has 160 valence electrons. The van der Waals surface area contributed by atoms with E-state index in [1.54, 1.807) is 36.0 Å². The van der Waals surface area contributed by atoms with E-state index in [0.29, 0.717) is 27.3 Å². The van der Waals surface area contributed by atoms with Gasteiger partial charge in [0.2, 0.25) is 0 Å². The van der Waals surface area contributed by atoms with Crippen molar-refractivity contribution in [2.24, 2.45) is 0 Å². The molecule has 0 aliphatic heterocycles. The van der Waals surface area contributed by atoms with Crippen molar-refractivity contribution in [2.75, 3.05) is 0 Å². The van der Waals surface area contributed by atoms with Gasteiger partial charge in [-0.2, -0.15) is 13.2 Å². The summed E-state index contributed by atoms with van der Waals surface area (Å²) in [5.74, 6) is -1.01. The van der Waals surface area contributed by atoms with Gasteiger partial charge in [-0.3, -0.25) is 4.98 Å². The molecule has 0 bridgehead atoms. The standard InChI is InChI=1S/C22H18F3N3O2S/c1-12(2)18-19(21(29)30)28(20(27-18)13-5-4-8-26-9-13)10-14-11-31-16-7-3-6-15(17(14)16)22(23,24)25/h3-9,11-12H,10H2,1-2H3,(H,29,30). The molecule has 0 amide bonds. The van der Waals surface area contributed by atoms with Crippen LogP contribution in [0.1, 0.15) is 47.1 Å². The van der Waals surface area contributed by atoms with Crippen LogP contribution in [0.3, 0.4) is 0 Å². The van der Waals surface area contributed by atoms with Crippen molar-refractivity contribution in [3.8, 4) is 11.4 Å². The Bertz CT molecular complexity index is 1260. The Morgan fingerprint density at radius 1 is 1.23 bits per heavy atom. The number of nitrogens with zero attached hydrogens (tertiary/aromatic N) is 3. The van der Waals surface area contributed by atoms with E-state index >= 15 is 0 Å². The normalized spacial score (nSPS) is 12.1. The smallest absolute Gasteiger partial charge is 0.417 e. The fraction of sp³-hybridized carbons (Fsp3) is 0.227. The number of aromatic carboxylic acids is 1. The number of hydrogen-bond acceptors (Lipinski definition) is 4. The number of imidazole rings is 1. The number of aromatic nitrogens is 3. The number of hydrogen-bond donors (Lipinski definition) is 1. The van der Waals surface area contributed by atoms with Gasteiger partial charge < -0.3 is 9.67 Å². The van der Waals surface area contributed by atoms with Crippen LogP contribution in [-0.2, 0) is 12.7 Å². The highest BCUT2D eigenvalue weighted by atomic mass is 32.1. The van der Waals surface area contributed by atoms with Gasteiger partial charge in [0, 0.05) is 28.0 Å². The van der Waals surface area contributed by atoms with E-state index in [0.717, 1.165) is 6.07 Å². The van der Waals surface area contributed by atoms with Gasteiger partial charge >= 0.3 is 12.1 Å². The molecule has 0 aliphatic rings. The van der Waals surface area contributed by atoms with Crippen molar-refractivity contribution >= 4 is 27.4 Å². The lowest BCUT2D eigenvalue weighted by Gasteiger charge is -2.13. The van der Waals surface area contributed by atoms with Crippen LogP contribution in [0, 0.1) is 0 Å². The maximum Gasteiger partial charge on any atom is 0.417 e. The third-order valence-corrected chi connectivity index (χ3v) is 5.97. The first-order chi connectivity index (χ1) is 14.7. The third-order valence-electron chi connectivity index (χ3n) is 4.97. The molecule has 0 fully saturated rings. The van der Waals surface area contributed by atoms with E-state index in [1.807, 2.05) is 13.8 Å². The highest BCUT2D eigenvalue weighted by molar-refractivity contribution is 7.17. The summed E-state index contributed by atoms with van der Waals surface area (Å²) in [6.07, 6.45) is -1.38. The first-order valence-corrected chi connectivity index (χ1v) is 10.4. The van der Waals surface area contributed by atoms with Crippen LogP contribution in [0.25, 0.3) is 21.5 Å². The number of carbonyl (C=O) groups is 1. The Hall–Kier alpha value is -3.20. The van der Waals surface area contributed by atoms with Crippen molar-refractivity contribution in [3.63, 3.8) is 0 Å². The zero-order chi connectivity index (χ0) is 22.3. The SMILES string of the molecule is CC(C)c1nc(-c2cccnc2)n(Cc2csc3cccc(C(F)(F)F)c23)c1C(=O)O. The summed E-state index contributed by atoms with van der Waals surface area (Å²) in [4.78, 5) is 20.8. The fourth-order valence-corrected chi connectivity index (χ4v) is 4.62. The van der Waals surface area contributed by atoms with Gasteiger partial charge in [-0.05, 0) is 41.1 Å². The van der Waals surface area contributed by atoms with Crippen LogP contribution in [0.2, 0.25) is 0 Å². The molecule has 4 rings (SSSR count). The summed E-state index contributed by atoms with van der Waals surface area (Å²) in [5.41, 5.74) is 0.602. The summed E-state index contributed by atoms with van der Waals surface area (Å²) in [7, 11) is 0. The van der Waals surface area contributed by atoms with Gasteiger partial charge in [-0.15, -0.1) is 11.3 Å². The lowest BCUT2D eigenvalue weighted by atomic mass is 10.1. The summed E-state index contributed by atoms with van der Waals surface area (Å²) in [6, 6.07) is 7.50. The first-order valence-electron chi connectivity index (χ1n) is 9.49. The first kappa shape index (κ1) is 21.0. The lowest BCUT2D eigenvalue weighted by molar-refractivity contribution is -0.136. The van der Waals surface area contributed by atoms with Crippen molar-refractivity contribution in [1.29, 1.82) is 0 Å². The second-order valence-electron chi connectivity index (χ2n) is 7.39. The number of halogens is 3. The number of rotatable bonds is 5. The minimum absolute atomic E-state index is 0.0299. The van der Waals surface area contributed by atoms with E-state index in [4.69, 9.17) is 0 Å². The van der Waals surface area contributed by atoms with Crippen LogP contribution in [0.5, 0.6) is 0 Å². The second-order valence-corrected chi connectivity index (χ2v) is 8.31. The topological polar surface area (TPSA) is 68.0 Å². The molecule has 3 aromatic heterocycles. The van der Waals surface area contributed by atoms with Gasteiger partial charge in [-0.25, -0.2) is 9.78 Å². The van der Waals surface area contributed by atoms with Gasteiger partial charge in [0.1, 0.15) is 5.82 Å². The number of thiophene rings is 1. The molecule has 9 heteroatoms. The molecule has 3 heterocycles. The molecule has 0 radical (unpaired) electrons. The van der Waals surface area contributed by atoms with Crippen molar-refractivity contribution < 1.29 is 23.1 Å². The highest BCUT2D eigenvalue weighted by Gasteiger charge is 2.34. The molecular weight excluding hydrogens is 427 g/mol. The molecule has 0 saturated heterocycles. The van der Waals surface area contributed by atoms with Crippen molar-refractivity contribution in [3.05, 3.63) is 70.6 Å². The quantitative estimate of drug-likeness (QED) is 0.406. The van der Waals surface area contributed by atoms with Gasteiger partial charge in [0.25, 0.3) is 0 Å². The molecule has 0 saturated carbocycles. The number of carboxylic acid groups (broad SMARTS) is 1. The number of alkyl halides is 3. The van der Waals surface area contributed by atoms with Gasteiger partial charge in [0.05, 0.1) is 17.8 Å². The Morgan fingerprint density at radius 3 is 2.61 bits per heavy atom. The third kappa shape index (κ3) is 3.81. The van der Waals surface area contributed by atoms with Gasteiger partial charge in [0.15, 0.2) is 5.69 Å². The number of benzene rings is 1. The van der Waals surface area contributed by atoms with E-state index < -0.39 is 17.7 Å². The molecule has 0 spiro atoms. The lowest BCUT2D eigenvalue weighted by Crippen LogP contribution is -2.13. The van der Waals surface area contributed by atoms with Crippen LogP contribution >= 0.6 is 11.3 Å². The Morgan fingerprint density at radius 2 is 2.00 bits per heavy atom. The van der Waals surface area contributed by atoms with Gasteiger partial charge in [-0.1, -0.05) is 19.9 Å². The largest absolute Gasteiger partial charge is 0.477 e. The monoisotopic (exact) mass is 445 g/mol. The molecule has 0 atom stereocenters. The average molecular weight is 445 g/mol. The number of pyridine rings is 1. The Labute approximate surface area is 179 Å². The van der Waals surface area contributed by atoms with Crippen LogP contribution in [0.15, 0.2) is 48.1 Å². The van der Waals surface area contributed by atoms with Crippen LogP contribution in [0.4, 0.5) is 13.2 Å². The number of carboxylic acids is 1. The van der Waals surface area contributed by atoms with Crippen LogP contribution < -0.4 is 0 Å². The van der Waals surface area contributed by atoms with E-state index in [2.05, 4.69) is 9.97 Å². The summed E-state index contributed by atoms with van der Waals surface area (Å²) in [6.45, 7) is 3.60. The molecule has 1 aromatic carbocycles. The Kier molecular flexibility index (Phi) is 5.30. The van der Waals surface area contributed by atoms with E-state index in [9.17, 15) is 23.1 Å². The summed E-state index contributed by atoms with van der Waals surface area (Å²) in [5, 5.41) is 11.7. The second kappa shape index (κ2) is 7.81. The maximum atomic E-state index is 13.7. The summed E-state index contributed by atoms with van der Waals surface area (Å²) >= 11 is 1.20. The van der Waals surface area contributed by atoms with Crippen molar-refractivity contribution in [2.45, 2.75) is 32.5 Å². The molecule has 4 aromatic rings. The minimum atomic E-state index is -4.52. The highest BCUT2D eigenvalue weighted by Crippen LogP contribution is 2.40. The van der Waals surface area contributed by atoms with Crippen LogP contribution in [-0.4, -0.2) is 25.6 Å². The molecule has 5 nitrogen and oxygen atoms in total. The maximum absolute atomic E-state index is 13.7. The predicted molar refractivity (Wildman–Crippen MR) is 112 cm³/mol. The Balaban J connectivity index is 1.96. The number of fused-ring (bicyclic) bond motifs is 1. The predicted octanol–water partition coefficient (Wildman–Crippen LogP) is 6.05. The molecule has 0 unspecified atom stereocenters. The summed E-state index contributed by atoms with van der Waals surface area (Å²) < 4.78 is 42.9. The zero-order valence-electron chi connectivity index (χ0n) is 16.6. The molecule has 0 aliphatic carbocycles. The molecular formula is C22H18F3N3O2S.